The minimum Gasteiger partial charge on any atom is -0.393 e. The molecule has 0 aromatic carbocycles. The largest absolute Gasteiger partial charge is 0.393 e. The minimum atomic E-state index is -3.52. The van der Waals surface area contributed by atoms with Crippen molar-refractivity contribution >= 4 is 10.0 Å². The van der Waals surface area contributed by atoms with Crippen molar-refractivity contribution in [1.29, 1.82) is 5.26 Å². The SMILES string of the molecule is CC(C#N)S(=O)(=O)NC1CCC(O)CC1. The van der Waals surface area contributed by atoms with Crippen LogP contribution in [0.1, 0.15) is 32.6 Å². The van der Waals surface area contributed by atoms with Gasteiger partial charge in [-0.25, -0.2) is 13.1 Å². The first-order chi connectivity index (χ1) is 6.95. The maximum Gasteiger partial charge on any atom is 0.227 e. The van der Waals surface area contributed by atoms with Crippen LogP contribution in [0.2, 0.25) is 0 Å². The lowest BCUT2D eigenvalue weighted by Crippen LogP contribution is -2.42. The summed E-state index contributed by atoms with van der Waals surface area (Å²) < 4.78 is 25.5. The van der Waals surface area contributed by atoms with Gasteiger partial charge in [-0.15, -0.1) is 0 Å². The van der Waals surface area contributed by atoms with E-state index in [9.17, 15) is 13.5 Å². The van der Waals surface area contributed by atoms with Crippen molar-refractivity contribution in [1.82, 2.24) is 4.72 Å². The van der Waals surface area contributed by atoms with Crippen molar-refractivity contribution in [2.24, 2.45) is 0 Å². The highest BCUT2D eigenvalue weighted by Crippen LogP contribution is 2.19. The number of nitrogens with zero attached hydrogens (tertiary/aromatic N) is 1. The van der Waals surface area contributed by atoms with Crippen LogP contribution in [0, 0.1) is 11.3 Å². The molecule has 0 aliphatic heterocycles. The first-order valence-corrected chi connectivity index (χ1v) is 6.59. The maximum absolute atomic E-state index is 11.5. The molecule has 1 aliphatic rings. The zero-order valence-electron chi connectivity index (χ0n) is 8.68. The summed E-state index contributed by atoms with van der Waals surface area (Å²) >= 11 is 0. The van der Waals surface area contributed by atoms with Gasteiger partial charge in [0.15, 0.2) is 5.25 Å². The molecule has 0 saturated heterocycles. The lowest BCUT2D eigenvalue weighted by atomic mass is 9.94. The molecule has 5 nitrogen and oxygen atoms in total. The van der Waals surface area contributed by atoms with E-state index in [2.05, 4.69) is 4.72 Å². The number of hydrogen-bond acceptors (Lipinski definition) is 4. The molecule has 0 bridgehead atoms. The van der Waals surface area contributed by atoms with Gasteiger partial charge in [0.25, 0.3) is 0 Å². The molecule has 1 rings (SSSR count). The molecule has 1 fully saturated rings. The molecule has 1 aliphatic carbocycles. The maximum atomic E-state index is 11.5. The third-order valence-corrected chi connectivity index (χ3v) is 4.37. The van der Waals surface area contributed by atoms with E-state index < -0.39 is 15.3 Å². The van der Waals surface area contributed by atoms with Crippen LogP contribution in [-0.4, -0.2) is 30.9 Å². The predicted molar refractivity (Wildman–Crippen MR) is 55.4 cm³/mol. The average molecular weight is 232 g/mol. The van der Waals surface area contributed by atoms with Gasteiger partial charge in [-0.05, 0) is 32.6 Å². The molecule has 2 N–H and O–H groups in total. The highest BCUT2D eigenvalue weighted by molar-refractivity contribution is 7.90. The van der Waals surface area contributed by atoms with Crippen LogP contribution >= 0.6 is 0 Å². The smallest absolute Gasteiger partial charge is 0.227 e. The van der Waals surface area contributed by atoms with Gasteiger partial charge in [0, 0.05) is 6.04 Å². The van der Waals surface area contributed by atoms with E-state index in [0.717, 1.165) is 0 Å². The number of aliphatic hydroxyl groups excluding tert-OH is 1. The van der Waals surface area contributed by atoms with E-state index in [1.165, 1.54) is 6.92 Å². The number of rotatable bonds is 3. The van der Waals surface area contributed by atoms with Crippen molar-refractivity contribution in [3.05, 3.63) is 0 Å². The lowest BCUT2D eigenvalue weighted by molar-refractivity contribution is 0.120. The monoisotopic (exact) mass is 232 g/mol. The van der Waals surface area contributed by atoms with Crippen LogP contribution in [0.3, 0.4) is 0 Å². The molecular formula is C9H16N2O3S. The molecule has 0 amide bonds. The molecule has 0 radical (unpaired) electrons. The molecule has 86 valence electrons. The first kappa shape index (κ1) is 12.4. The van der Waals surface area contributed by atoms with E-state index >= 15 is 0 Å². The van der Waals surface area contributed by atoms with Gasteiger partial charge >= 0.3 is 0 Å². The third kappa shape index (κ3) is 3.45. The molecule has 6 heteroatoms. The van der Waals surface area contributed by atoms with Gasteiger partial charge in [0.1, 0.15) is 0 Å². The van der Waals surface area contributed by atoms with Crippen LogP contribution in [0.5, 0.6) is 0 Å². The van der Waals surface area contributed by atoms with Crippen molar-refractivity contribution in [2.45, 2.75) is 50.0 Å². The Hall–Kier alpha value is -0.640. The van der Waals surface area contributed by atoms with Gasteiger partial charge in [-0.3, -0.25) is 0 Å². The second-order valence-corrected chi connectivity index (χ2v) is 5.97. The van der Waals surface area contributed by atoms with Crippen molar-refractivity contribution in [2.75, 3.05) is 0 Å². The quantitative estimate of drug-likeness (QED) is 0.723. The Morgan fingerprint density at radius 1 is 1.40 bits per heavy atom. The van der Waals surface area contributed by atoms with Gasteiger partial charge in [0.05, 0.1) is 12.2 Å². The van der Waals surface area contributed by atoms with E-state index in [1.54, 1.807) is 6.07 Å². The normalized spacial score (nSPS) is 29.4. The third-order valence-electron chi connectivity index (χ3n) is 2.67. The topological polar surface area (TPSA) is 90.2 Å². The fraction of sp³-hybridized carbons (Fsp3) is 0.889. The second kappa shape index (κ2) is 4.92. The summed E-state index contributed by atoms with van der Waals surface area (Å²) in [5.41, 5.74) is 0. The van der Waals surface area contributed by atoms with Crippen LogP contribution in [-0.2, 0) is 10.0 Å². The predicted octanol–water partition coefficient (Wildman–Crippen LogP) is 0.121. The van der Waals surface area contributed by atoms with Crippen molar-refractivity contribution < 1.29 is 13.5 Å². The van der Waals surface area contributed by atoms with E-state index in [1.807, 2.05) is 0 Å². The van der Waals surface area contributed by atoms with Gasteiger partial charge in [-0.1, -0.05) is 0 Å². The van der Waals surface area contributed by atoms with Gasteiger partial charge < -0.3 is 5.11 Å². The highest BCUT2D eigenvalue weighted by Gasteiger charge is 2.27. The number of hydrogen-bond donors (Lipinski definition) is 2. The zero-order chi connectivity index (χ0) is 11.5. The summed E-state index contributed by atoms with van der Waals surface area (Å²) in [5.74, 6) is 0. The molecule has 1 atom stereocenters. The first-order valence-electron chi connectivity index (χ1n) is 5.04. The van der Waals surface area contributed by atoms with Gasteiger partial charge in [0.2, 0.25) is 10.0 Å². The van der Waals surface area contributed by atoms with E-state index in [-0.39, 0.29) is 12.1 Å². The second-order valence-electron chi connectivity index (χ2n) is 3.94. The molecule has 1 saturated carbocycles. The van der Waals surface area contributed by atoms with E-state index in [0.29, 0.717) is 25.7 Å². The molecule has 0 spiro atoms. The highest BCUT2D eigenvalue weighted by atomic mass is 32.2. The fourth-order valence-corrected chi connectivity index (χ4v) is 2.64. The van der Waals surface area contributed by atoms with E-state index in [4.69, 9.17) is 5.26 Å². The number of sulfonamides is 1. The Balaban J connectivity index is 2.52. The van der Waals surface area contributed by atoms with Crippen LogP contribution in [0.15, 0.2) is 0 Å². The molecule has 15 heavy (non-hydrogen) atoms. The van der Waals surface area contributed by atoms with Crippen LogP contribution < -0.4 is 4.72 Å². The summed E-state index contributed by atoms with van der Waals surface area (Å²) in [4.78, 5) is 0. The van der Waals surface area contributed by atoms with Gasteiger partial charge in [-0.2, -0.15) is 5.26 Å². The number of nitrogens with one attached hydrogen (secondary N) is 1. The summed E-state index contributed by atoms with van der Waals surface area (Å²) in [6.45, 7) is 1.36. The lowest BCUT2D eigenvalue weighted by Gasteiger charge is -2.26. The summed E-state index contributed by atoms with van der Waals surface area (Å²) in [5, 5.41) is 16.8. The summed E-state index contributed by atoms with van der Waals surface area (Å²) in [7, 11) is -3.52. The van der Waals surface area contributed by atoms with Crippen molar-refractivity contribution in [3.8, 4) is 6.07 Å². The summed E-state index contributed by atoms with van der Waals surface area (Å²) in [6, 6.07) is 1.57. The van der Waals surface area contributed by atoms with Crippen LogP contribution in [0.4, 0.5) is 0 Å². The minimum absolute atomic E-state index is 0.130. The Morgan fingerprint density at radius 3 is 2.40 bits per heavy atom. The fourth-order valence-electron chi connectivity index (χ4n) is 1.60. The van der Waals surface area contributed by atoms with Crippen molar-refractivity contribution in [3.63, 3.8) is 0 Å². The molecule has 1 unspecified atom stereocenters. The zero-order valence-corrected chi connectivity index (χ0v) is 9.50. The summed E-state index contributed by atoms with van der Waals surface area (Å²) in [6.07, 6.45) is 2.21. The Morgan fingerprint density at radius 2 is 1.93 bits per heavy atom. The number of nitriles is 1. The average Bonchev–Trinajstić information content (AvgIpc) is 2.20. The Bertz CT molecular complexity index is 339. The molecule has 0 aromatic rings. The van der Waals surface area contributed by atoms with Crippen LogP contribution in [0.25, 0.3) is 0 Å². The molecular weight excluding hydrogens is 216 g/mol. The number of aliphatic hydroxyl groups is 1. The Labute approximate surface area is 90.2 Å². The molecule has 0 heterocycles. The standard InChI is InChI=1S/C9H16N2O3S/c1-7(6-10)15(13,14)11-8-2-4-9(12)5-3-8/h7-9,11-12H,2-5H2,1H3. The Kier molecular flexibility index (Phi) is 4.08. The molecule has 0 aromatic heterocycles.